The Labute approximate surface area is 193 Å². The van der Waals surface area contributed by atoms with Gasteiger partial charge in [0.1, 0.15) is 5.82 Å². The number of alkyl halides is 3. The molecule has 3 N–H and O–H groups in total. The first-order valence-corrected chi connectivity index (χ1v) is 10.5. The molecule has 6 nitrogen and oxygen atoms in total. The number of benzene rings is 2. The number of aromatic nitrogens is 2. The number of carbonyl (C=O) groups is 1. The number of carboxylic acids is 1. The van der Waals surface area contributed by atoms with Crippen LogP contribution in [0.2, 0.25) is 0 Å². The Kier molecular flexibility index (Phi) is 7.73. The minimum Gasteiger partial charge on any atom is -0.481 e. The van der Waals surface area contributed by atoms with Gasteiger partial charge in [0.25, 0.3) is 0 Å². The summed E-state index contributed by atoms with van der Waals surface area (Å²) in [5.74, 6) is -2.98. The highest BCUT2D eigenvalue weighted by Crippen LogP contribution is 2.39. The molecule has 0 unspecified atom stereocenters. The number of imidazole rings is 1. The molecule has 0 aliphatic heterocycles. The fraction of sp³-hybridized carbons (Fsp3) is 0.333. The maximum atomic E-state index is 14.0. The standard InChI is InChI=1S/C24H24F4N2O4/c1-14-2-4-15(5-3-14)21-22(16-6-8-17(25)9-7-16)30(23(29-21)24(26,27)28)11-10-18(31)12-19(32)13-20(33)34/h2-9,18-19,31-32H,10-13H2,1H3,(H,33,34)/t18-,19-/m1/s1. The average Bonchev–Trinajstić information content (AvgIpc) is 3.12. The van der Waals surface area contributed by atoms with E-state index in [9.17, 15) is 32.6 Å². The first kappa shape index (κ1) is 25.4. The van der Waals surface area contributed by atoms with Gasteiger partial charge in [0, 0.05) is 17.7 Å². The second-order valence-corrected chi connectivity index (χ2v) is 8.08. The van der Waals surface area contributed by atoms with Gasteiger partial charge < -0.3 is 19.9 Å². The Bertz CT molecular complexity index is 1130. The quantitative estimate of drug-likeness (QED) is 0.387. The summed E-state index contributed by atoms with van der Waals surface area (Å²) in [7, 11) is 0. The van der Waals surface area contributed by atoms with Crippen molar-refractivity contribution in [3.63, 3.8) is 0 Å². The molecule has 182 valence electrons. The molecule has 0 aliphatic rings. The molecule has 2 atom stereocenters. The van der Waals surface area contributed by atoms with Crippen molar-refractivity contribution in [2.45, 2.75) is 51.1 Å². The molecular formula is C24H24F4N2O4. The third-order valence-corrected chi connectivity index (χ3v) is 5.30. The number of aliphatic carboxylic acids is 1. The van der Waals surface area contributed by atoms with Gasteiger partial charge in [-0.05, 0) is 44.0 Å². The third-order valence-electron chi connectivity index (χ3n) is 5.30. The van der Waals surface area contributed by atoms with Crippen LogP contribution in [0.3, 0.4) is 0 Å². The van der Waals surface area contributed by atoms with Crippen LogP contribution in [0.4, 0.5) is 17.6 Å². The van der Waals surface area contributed by atoms with Crippen molar-refractivity contribution in [3.8, 4) is 22.5 Å². The van der Waals surface area contributed by atoms with Crippen LogP contribution in [-0.4, -0.2) is 43.0 Å². The van der Waals surface area contributed by atoms with E-state index in [0.717, 1.165) is 22.3 Å². The van der Waals surface area contributed by atoms with Crippen LogP contribution in [0.5, 0.6) is 0 Å². The number of hydrogen-bond donors (Lipinski definition) is 3. The average molecular weight is 480 g/mol. The van der Waals surface area contributed by atoms with Crippen molar-refractivity contribution >= 4 is 5.97 Å². The first-order valence-electron chi connectivity index (χ1n) is 10.5. The van der Waals surface area contributed by atoms with E-state index < -0.39 is 42.4 Å². The minimum absolute atomic E-state index is 0.0549. The molecule has 10 heteroatoms. The number of aliphatic hydroxyl groups is 2. The molecule has 0 amide bonds. The Balaban J connectivity index is 2.06. The zero-order valence-corrected chi connectivity index (χ0v) is 18.3. The van der Waals surface area contributed by atoms with Gasteiger partial charge in [0.2, 0.25) is 5.82 Å². The summed E-state index contributed by atoms with van der Waals surface area (Å²) >= 11 is 0. The maximum absolute atomic E-state index is 14.0. The van der Waals surface area contributed by atoms with Crippen LogP contribution in [0, 0.1) is 12.7 Å². The molecule has 0 saturated heterocycles. The zero-order valence-electron chi connectivity index (χ0n) is 18.3. The molecule has 34 heavy (non-hydrogen) atoms. The molecule has 0 bridgehead atoms. The second-order valence-electron chi connectivity index (χ2n) is 8.08. The van der Waals surface area contributed by atoms with Crippen molar-refractivity contribution in [1.29, 1.82) is 0 Å². The van der Waals surface area contributed by atoms with Gasteiger partial charge in [-0.15, -0.1) is 0 Å². The van der Waals surface area contributed by atoms with Gasteiger partial charge in [-0.2, -0.15) is 13.2 Å². The Hall–Kier alpha value is -3.24. The van der Waals surface area contributed by atoms with E-state index in [0.29, 0.717) is 11.1 Å². The van der Waals surface area contributed by atoms with Crippen LogP contribution in [0.15, 0.2) is 48.5 Å². The smallest absolute Gasteiger partial charge is 0.449 e. The van der Waals surface area contributed by atoms with Crippen molar-refractivity contribution in [1.82, 2.24) is 9.55 Å². The highest BCUT2D eigenvalue weighted by Gasteiger charge is 2.39. The molecule has 2 aromatic carbocycles. The summed E-state index contributed by atoms with van der Waals surface area (Å²) in [4.78, 5) is 14.6. The lowest BCUT2D eigenvalue weighted by atomic mass is 10.0. The Morgan fingerprint density at radius 3 is 2.15 bits per heavy atom. The van der Waals surface area contributed by atoms with Crippen molar-refractivity contribution in [2.24, 2.45) is 0 Å². The van der Waals surface area contributed by atoms with Crippen molar-refractivity contribution in [2.75, 3.05) is 0 Å². The van der Waals surface area contributed by atoms with Gasteiger partial charge >= 0.3 is 12.1 Å². The van der Waals surface area contributed by atoms with E-state index in [1.165, 1.54) is 12.1 Å². The number of aliphatic hydroxyl groups excluding tert-OH is 2. The molecule has 0 radical (unpaired) electrons. The highest BCUT2D eigenvalue weighted by molar-refractivity contribution is 5.79. The zero-order chi connectivity index (χ0) is 25.0. The van der Waals surface area contributed by atoms with Crippen molar-refractivity contribution in [3.05, 3.63) is 65.7 Å². The van der Waals surface area contributed by atoms with E-state index >= 15 is 0 Å². The molecular weight excluding hydrogens is 456 g/mol. The lowest BCUT2D eigenvalue weighted by molar-refractivity contribution is -0.147. The summed E-state index contributed by atoms with van der Waals surface area (Å²) in [6, 6.07) is 11.7. The number of nitrogens with zero attached hydrogens (tertiary/aromatic N) is 2. The summed E-state index contributed by atoms with van der Waals surface area (Å²) in [5.41, 5.74) is 1.81. The lowest BCUT2D eigenvalue weighted by Crippen LogP contribution is -2.23. The number of carboxylic acid groups (broad SMARTS) is 1. The molecule has 0 saturated carbocycles. The van der Waals surface area contributed by atoms with Crippen molar-refractivity contribution < 1.29 is 37.7 Å². The fourth-order valence-corrected chi connectivity index (χ4v) is 3.70. The molecule has 3 aromatic rings. The van der Waals surface area contributed by atoms with Crippen LogP contribution >= 0.6 is 0 Å². The Morgan fingerprint density at radius 2 is 1.59 bits per heavy atom. The molecule has 1 aromatic heterocycles. The van der Waals surface area contributed by atoms with E-state index in [4.69, 9.17) is 5.11 Å². The van der Waals surface area contributed by atoms with E-state index in [1.807, 2.05) is 6.92 Å². The normalized spacial score (nSPS) is 13.6. The summed E-state index contributed by atoms with van der Waals surface area (Å²) in [6.45, 7) is 1.52. The van der Waals surface area contributed by atoms with Gasteiger partial charge in [-0.3, -0.25) is 4.79 Å². The van der Waals surface area contributed by atoms with Gasteiger partial charge in [-0.1, -0.05) is 29.8 Å². The van der Waals surface area contributed by atoms with Gasteiger partial charge in [0.15, 0.2) is 0 Å². The second kappa shape index (κ2) is 10.4. The van der Waals surface area contributed by atoms with Gasteiger partial charge in [0.05, 0.1) is 30.0 Å². The predicted molar refractivity (Wildman–Crippen MR) is 116 cm³/mol. The van der Waals surface area contributed by atoms with Crippen LogP contribution < -0.4 is 0 Å². The molecule has 0 aliphatic carbocycles. The van der Waals surface area contributed by atoms with E-state index in [2.05, 4.69) is 4.98 Å². The number of hydrogen-bond acceptors (Lipinski definition) is 4. The van der Waals surface area contributed by atoms with Gasteiger partial charge in [-0.25, -0.2) is 9.37 Å². The van der Waals surface area contributed by atoms with Crippen LogP contribution in [0.25, 0.3) is 22.5 Å². The Morgan fingerprint density at radius 1 is 1.00 bits per heavy atom. The monoisotopic (exact) mass is 480 g/mol. The van der Waals surface area contributed by atoms with E-state index in [-0.39, 0.29) is 30.8 Å². The largest absolute Gasteiger partial charge is 0.481 e. The third kappa shape index (κ3) is 6.21. The SMILES string of the molecule is Cc1ccc(-c2nc(C(F)(F)F)n(CC[C@@H](O)C[C@@H](O)CC(=O)O)c2-c2ccc(F)cc2)cc1. The molecule has 0 spiro atoms. The minimum atomic E-state index is -4.81. The maximum Gasteiger partial charge on any atom is 0.449 e. The first-order chi connectivity index (χ1) is 16.0. The number of aryl methyl sites for hydroxylation is 1. The predicted octanol–water partition coefficient (Wildman–Crippen LogP) is 4.66. The highest BCUT2D eigenvalue weighted by atomic mass is 19.4. The van der Waals surface area contributed by atoms with E-state index in [1.54, 1.807) is 24.3 Å². The topological polar surface area (TPSA) is 95.6 Å². The number of halogens is 4. The number of rotatable bonds is 9. The van der Waals surface area contributed by atoms with Crippen LogP contribution in [-0.2, 0) is 17.5 Å². The fourth-order valence-electron chi connectivity index (χ4n) is 3.70. The summed E-state index contributed by atoms with van der Waals surface area (Å²) < 4.78 is 56.4. The molecule has 3 rings (SSSR count). The molecule has 0 fully saturated rings. The lowest BCUT2D eigenvalue weighted by Gasteiger charge is -2.18. The summed E-state index contributed by atoms with van der Waals surface area (Å²) in [6.07, 6.45) is -8.49. The summed E-state index contributed by atoms with van der Waals surface area (Å²) in [5, 5.41) is 28.7. The van der Waals surface area contributed by atoms with Crippen LogP contribution in [0.1, 0.15) is 30.7 Å². The molecule has 1 heterocycles.